The fourth-order valence-corrected chi connectivity index (χ4v) is 2.22. The molecule has 0 aliphatic heterocycles. The molecule has 0 radical (unpaired) electrons. The Hall–Kier alpha value is -2.13. The van der Waals surface area contributed by atoms with Crippen molar-refractivity contribution in [2.75, 3.05) is 7.11 Å². The van der Waals surface area contributed by atoms with Crippen LogP contribution in [0.3, 0.4) is 0 Å². The first-order valence-corrected chi connectivity index (χ1v) is 7.32. The standard InChI is InChI=1S/C19H22O3/c1-19(2,3)22-18(20)16-12-10-15(11-13-16)17(21-4)14-8-6-5-7-9-14/h5-13,17H,1-4H3. The predicted octanol–water partition coefficient (Wildman–Crippen LogP) is 4.38. The molecule has 0 amide bonds. The number of benzene rings is 2. The van der Waals surface area contributed by atoms with Crippen LogP contribution in [0.2, 0.25) is 0 Å². The SMILES string of the molecule is COC(c1ccccc1)c1ccc(C(=O)OC(C)(C)C)cc1. The Morgan fingerprint density at radius 1 is 0.909 bits per heavy atom. The molecule has 2 aromatic rings. The number of rotatable bonds is 4. The number of hydrogen-bond donors (Lipinski definition) is 0. The van der Waals surface area contributed by atoms with Crippen LogP contribution in [0.5, 0.6) is 0 Å². The van der Waals surface area contributed by atoms with Crippen LogP contribution in [0.25, 0.3) is 0 Å². The highest BCUT2D eigenvalue weighted by Crippen LogP contribution is 2.25. The lowest BCUT2D eigenvalue weighted by Crippen LogP contribution is -2.23. The number of ether oxygens (including phenoxy) is 2. The highest BCUT2D eigenvalue weighted by molar-refractivity contribution is 5.89. The Kier molecular flexibility index (Phi) is 4.99. The van der Waals surface area contributed by atoms with Crippen molar-refractivity contribution in [1.29, 1.82) is 0 Å². The lowest BCUT2D eigenvalue weighted by Gasteiger charge is -2.20. The minimum Gasteiger partial charge on any atom is -0.456 e. The Morgan fingerprint density at radius 3 is 1.95 bits per heavy atom. The maximum atomic E-state index is 12.0. The Bertz CT molecular complexity index is 609. The van der Waals surface area contributed by atoms with E-state index in [9.17, 15) is 4.79 Å². The van der Waals surface area contributed by atoms with Crippen LogP contribution in [0, 0.1) is 0 Å². The molecule has 0 N–H and O–H groups in total. The van der Waals surface area contributed by atoms with E-state index in [1.54, 1.807) is 19.2 Å². The summed E-state index contributed by atoms with van der Waals surface area (Å²) in [4.78, 5) is 12.0. The van der Waals surface area contributed by atoms with Crippen molar-refractivity contribution in [2.24, 2.45) is 0 Å². The summed E-state index contributed by atoms with van der Waals surface area (Å²) < 4.78 is 11.0. The van der Waals surface area contributed by atoms with E-state index in [4.69, 9.17) is 9.47 Å². The van der Waals surface area contributed by atoms with Gasteiger partial charge in [0.25, 0.3) is 0 Å². The fraction of sp³-hybridized carbons (Fsp3) is 0.316. The molecule has 3 heteroatoms. The summed E-state index contributed by atoms with van der Waals surface area (Å²) in [6, 6.07) is 17.3. The van der Waals surface area contributed by atoms with Gasteiger partial charge in [-0.05, 0) is 44.0 Å². The Balaban J connectivity index is 2.19. The van der Waals surface area contributed by atoms with E-state index < -0.39 is 5.60 Å². The van der Waals surface area contributed by atoms with Gasteiger partial charge < -0.3 is 9.47 Å². The van der Waals surface area contributed by atoms with Gasteiger partial charge >= 0.3 is 5.97 Å². The summed E-state index contributed by atoms with van der Waals surface area (Å²) in [5.74, 6) is -0.312. The zero-order valence-electron chi connectivity index (χ0n) is 13.5. The first kappa shape index (κ1) is 16.2. The molecule has 2 rings (SSSR count). The molecular weight excluding hydrogens is 276 g/mol. The smallest absolute Gasteiger partial charge is 0.338 e. The number of hydrogen-bond acceptors (Lipinski definition) is 3. The zero-order chi connectivity index (χ0) is 16.2. The van der Waals surface area contributed by atoms with Gasteiger partial charge in [-0.1, -0.05) is 42.5 Å². The first-order chi connectivity index (χ1) is 10.4. The number of methoxy groups -OCH3 is 1. The molecule has 0 bridgehead atoms. The second kappa shape index (κ2) is 6.75. The topological polar surface area (TPSA) is 35.5 Å². The van der Waals surface area contributed by atoms with Crippen molar-refractivity contribution >= 4 is 5.97 Å². The van der Waals surface area contributed by atoms with E-state index >= 15 is 0 Å². The number of carbonyl (C=O) groups excluding carboxylic acids is 1. The Morgan fingerprint density at radius 2 is 1.45 bits per heavy atom. The molecule has 0 saturated heterocycles. The second-order valence-corrected chi connectivity index (χ2v) is 6.15. The van der Waals surface area contributed by atoms with Crippen LogP contribution >= 0.6 is 0 Å². The molecule has 22 heavy (non-hydrogen) atoms. The summed E-state index contributed by atoms with van der Waals surface area (Å²) in [5, 5.41) is 0. The van der Waals surface area contributed by atoms with Gasteiger partial charge in [0.2, 0.25) is 0 Å². The van der Waals surface area contributed by atoms with Gasteiger partial charge in [0, 0.05) is 7.11 Å². The van der Waals surface area contributed by atoms with Crippen LogP contribution in [-0.4, -0.2) is 18.7 Å². The second-order valence-electron chi connectivity index (χ2n) is 6.15. The van der Waals surface area contributed by atoms with Gasteiger partial charge in [-0.15, -0.1) is 0 Å². The third-order valence-corrected chi connectivity index (χ3v) is 3.19. The Labute approximate surface area is 131 Å². The van der Waals surface area contributed by atoms with E-state index in [-0.39, 0.29) is 12.1 Å². The molecule has 0 heterocycles. The average molecular weight is 298 g/mol. The molecule has 0 aliphatic carbocycles. The molecular formula is C19H22O3. The largest absolute Gasteiger partial charge is 0.456 e. The van der Waals surface area contributed by atoms with Gasteiger partial charge in [-0.25, -0.2) is 4.79 Å². The lowest BCUT2D eigenvalue weighted by molar-refractivity contribution is 0.00694. The minimum absolute atomic E-state index is 0.145. The average Bonchev–Trinajstić information content (AvgIpc) is 2.48. The summed E-state index contributed by atoms with van der Waals surface area (Å²) in [6.07, 6.45) is -0.145. The summed E-state index contributed by atoms with van der Waals surface area (Å²) in [7, 11) is 1.68. The monoisotopic (exact) mass is 298 g/mol. The van der Waals surface area contributed by atoms with Crippen molar-refractivity contribution < 1.29 is 14.3 Å². The molecule has 0 aliphatic rings. The summed E-state index contributed by atoms with van der Waals surface area (Å²) in [5.41, 5.74) is 2.13. The fourth-order valence-electron chi connectivity index (χ4n) is 2.22. The third kappa shape index (κ3) is 4.18. The normalized spacial score (nSPS) is 12.7. The molecule has 0 fully saturated rings. The molecule has 3 nitrogen and oxygen atoms in total. The molecule has 1 unspecified atom stereocenters. The number of esters is 1. The summed E-state index contributed by atoms with van der Waals surface area (Å²) >= 11 is 0. The van der Waals surface area contributed by atoms with Crippen LogP contribution in [0.4, 0.5) is 0 Å². The lowest BCUT2D eigenvalue weighted by atomic mass is 10.00. The van der Waals surface area contributed by atoms with Crippen LogP contribution in [0.1, 0.15) is 48.4 Å². The van der Waals surface area contributed by atoms with E-state index in [1.165, 1.54) is 0 Å². The van der Waals surface area contributed by atoms with Crippen LogP contribution in [0.15, 0.2) is 54.6 Å². The van der Waals surface area contributed by atoms with Gasteiger partial charge in [-0.3, -0.25) is 0 Å². The van der Waals surface area contributed by atoms with Crippen molar-refractivity contribution in [3.8, 4) is 0 Å². The molecule has 0 spiro atoms. The predicted molar refractivity (Wildman–Crippen MR) is 86.9 cm³/mol. The molecule has 116 valence electrons. The van der Waals surface area contributed by atoms with E-state index in [2.05, 4.69) is 0 Å². The maximum Gasteiger partial charge on any atom is 0.338 e. The van der Waals surface area contributed by atoms with Crippen molar-refractivity contribution in [2.45, 2.75) is 32.5 Å². The van der Waals surface area contributed by atoms with Gasteiger partial charge in [0.15, 0.2) is 0 Å². The van der Waals surface area contributed by atoms with Gasteiger partial charge in [-0.2, -0.15) is 0 Å². The van der Waals surface area contributed by atoms with Crippen molar-refractivity contribution in [3.05, 3.63) is 71.3 Å². The minimum atomic E-state index is -0.491. The zero-order valence-corrected chi connectivity index (χ0v) is 13.5. The first-order valence-electron chi connectivity index (χ1n) is 7.32. The molecule has 2 aromatic carbocycles. The highest BCUT2D eigenvalue weighted by atomic mass is 16.6. The molecule has 0 aromatic heterocycles. The maximum absolute atomic E-state index is 12.0. The van der Waals surface area contributed by atoms with Gasteiger partial charge in [0.05, 0.1) is 5.56 Å². The van der Waals surface area contributed by atoms with Crippen molar-refractivity contribution in [3.63, 3.8) is 0 Å². The van der Waals surface area contributed by atoms with E-state index in [0.29, 0.717) is 5.56 Å². The van der Waals surface area contributed by atoms with Gasteiger partial charge in [0.1, 0.15) is 11.7 Å². The quantitative estimate of drug-likeness (QED) is 0.786. The van der Waals surface area contributed by atoms with E-state index in [0.717, 1.165) is 11.1 Å². The van der Waals surface area contributed by atoms with Crippen molar-refractivity contribution in [1.82, 2.24) is 0 Å². The number of carbonyl (C=O) groups is 1. The van der Waals surface area contributed by atoms with Crippen LogP contribution < -0.4 is 0 Å². The van der Waals surface area contributed by atoms with E-state index in [1.807, 2.05) is 63.2 Å². The molecule has 1 atom stereocenters. The molecule has 0 saturated carbocycles. The third-order valence-electron chi connectivity index (χ3n) is 3.19. The highest BCUT2D eigenvalue weighted by Gasteiger charge is 2.19. The summed E-state index contributed by atoms with van der Waals surface area (Å²) in [6.45, 7) is 5.57. The van der Waals surface area contributed by atoms with Crippen LogP contribution in [-0.2, 0) is 9.47 Å².